The van der Waals surface area contributed by atoms with E-state index < -0.39 is 53.7 Å². The summed E-state index contributed by atoms with van der Waals surface area (Å²) in [5.74, 6) is -5.02. The lowest BCUT2D eigenvalue weighted by Crippen LogP contribution is -2.58. The second kappa shape index (κ2) is 11.2. The van der Waals surface area contributed by atoms with Crippen molar-refractivity contribution in [3.63, 3.8) is 0 Å². The van der Waals surface area contributed by atoms with Gasteiger partial charge in [-0.05, 0) is 30.7 Å². The Bertz CT molecular complexity index is 1030. The molecule has 2 heterocycles. The van der Waals surface area contributed by atoms with Crippen molar-refractivity contribution in [2.45, 2.75) is 91.0 Å². The predicted molar refractivity (Wildman–Crippen MR) is 131 cm³/mol. The molecule has 0 saturated carbocycles. The number of halogens is 3. The number of ketones is 1. The molecule has 1 aliphatic heterocycles. The van der Waals surface area contributed by atoms with Gasteiger partial charge in [0.15, 0.2) is 0 Å². The topological polar surface area (TPSA) is 113 Å². The number of aromatic nitrogens is 2. The van der Waals surface area contributed by atoms with Gasteiger partial charge in [0.1, 0.15) is 17.8 Å². The van der Waals surface area contributed by atoms with Gasteiger partial charge in [0, 0.05) is 19.0 Å². The average Bonchev–Trinajstić information content (AvgIpc) is 3.40. The first-order valence-electron chi connectivity index (χ1n) is 12.4. The van der Waals surface area contributed by atoms with Crippen LogP contribution in [0.4, 0.5) is 13.2 Å². The smallest absolute Gasteiger partial charge is 0.344 e. The van der Waals surface area contributed by atoms with Gasteiger partial charge in [-0.3, -0.25) is 23.9 Å². The average molecular weight is 530 g/mol. The van der Waals surface area contributed by atoms with E-state index in [1.165, 1.54) is 23.4 Å². The number of amides is 3. The van der Waals surface area contributed by atoms with E-state index >= 15 is 0 Å². The minimum absolute atomic E-state index is 0.204. The van der Waals surface area contributed by atoms with Crippen LogP contribution in [0.1, 0.15) is 77.5 Å². The maximum absolute atomic E-state index is 13.5. The molecule has 2 rings (SSSR count). The van der Waals surface area contributed by atoms with Crippen LogP contribution in [0.3, 0.4) is 0 Å². The number of alkyl halides is 3. The molecule has 1 aliphatic rings. The SMILES string of the molecule is CC(C)[C@H](NC(=O)c1cc(C(C)(C)C)nn1C)C(=O)N1CCC[C@H]1C(=O)N[C@H](C(=O)C(F)(F)F)C(C)C. The highest BCUT2D eigenvalue weighted by Gasteiger charge is 2.46. The van der Waals surface area contributed by atoms with Crippen molar-refractivity contribution < 1.29 is 32.3 Å². The number of hydrogen-bond acceptors (Lipinski definition) is 5. The van der Waals surface area contributed by atoms with E-state index in [4.69, 9.17) is 0 Å². The van der Waals surface area contributed by atoms with Crippen LogP contribution in [0.25, 0.3) is 0 Å². The van der Waals surface area contributed by atoms with Gasteiger partial charge in [-0.2, -0.15) is 18.3 Å². The second-order valence-electron chi connectivity index (χ2n) is 11.3. The zero-order valence-electron chi connectivity index (χ0n) is 22.7. The Hall–Kier alpha value is -2.92. The van der Waals surface area contributed by atoms with Crippen molar-refractivity contribution in [2.24, 2.45) is 18.9 Å². The molecular formula is C25H38F3N5O4. The highest BCUT2D eigenvalue weighted by molar-refractivity contribution is 5.98. The summed E-state index contributed by atoms with van der Waals surface area (Å²) in [7, 11) is 1.63. The number of carbonyl (C=O) groups excluding carboxylic acids is 4. The Morgan fingerprint density at radius 3 is 2.03 bits per heavy atom. The number of Topliss-reactive ketones (excluding diaryl/α,β-unsaturated/α-hetero) is 1. The summed E-state index contributed by atoms with van der Waals surface area (Å²) in [5.41, 5.74) is 0.683. The lowest BCUT2D eigenvalue weighted by Gasteiger charge is -2.31. The number of carbonyl (C=O) groups is 4. The van der Waals surface area contributed by atoms with E-state index in [9.17, 15) is 32.3 Å². The highest BCUT2D eigenvalue weighted by Crippen LogP contribution is 2.25. The quantitative estimate of drug-likeness (QED) is 0.538. The standard InChI is InChI=1S/C25H38F3N5O4/c1-13(2)18(20(34)25(26,27)28)29-21(35)15-10-9-11-33(15)23(37)19(14(3)4)30-22(36)16-12-17(24(5,6)7)31-32(16)8/h12-15,18-19H,9-11H2,1-8H3,(H,29,35)(H,30,36)/t15-,18-,19-/m0/s1. The third-order valence-corrected chi connectivity index (χ3v) is 6.47. The summed E-state index contributed by atoms with van der Waals surface area (Å²) in [6.45, 7) is 12.4. The molecule has 0 unspecified atom stereocenters. The predicted octanol–water partition coefficient (Wildman–Crippen LogP) is 2.74. The summed E-state index contributed by atoms with van der Waals surface area (Å²) in [6, 6.07) is -2.12. The number of likely N-dealkylation sites (tertiary alicyclic amines) is 1. The van der Waals surface area contributed by atoms with E-state index in [0.717, 1.165) is 0 Å². The van der Waals surface area contributed by atoms with Gasteiger partial charge >= 0.3 is 6.18 Å². The van der Waals surface area contributed by atoms with Crippen LogP contribution >= 0.6 is 0 Å². The molecule has 3 atom stereocenters. The second-order valence-corrected chi connectivity index (χ2v) is 11.3. The van der Waals surface area contributed by atoms with E-state index in [1.807, 2.05) is 20.8 Å². The summed E-state index contributed by atoms with van der Waals surface area (Å²) in [6.07, 6.45) is -4.41. The van der Waals surface area contributed by atoms with Crippen molar-refractivity contribution in [3.05, 3.63) is 17.5 Å². The molecule has 9 nitrogen and oxygen atoms in total. The van der Waals surface area contributed by atoms with Crippen LogP contribution in [-0.2, 0) is 26.8 Å². The van der Waals surface area contributed by atoms with Gasteiger partial charge in [0.25, 0.3) is 11.7 Å². The fourth-order valence-electron chi connectivity index (χ4n) is 4.22. The molecule has 1 fully saturated rings. The molecule has 3 amide bonds. The van der Waals surface area contributed by atoms with E-state index in [0.29, 0.717) is 12.1 Å². The van der Waals surface area contributed by atoms with Gasteiger partial charge in [-0.25, -0.2) is 0 Å². The number of nitrogens with one attached hydrogen (secondary N) is 2. The van der Waals surface area contributed by atoms with Gasteiger partial charge in [-0.1, -0.05) is 48.5 Å². The van der Waals surface area contributed by atoms with Crippen LogP contribution in [0.5, 0.6) is 0 Å². The molecule has 0 aliphatic carbocycles. The zero-order chi connectivity index (χ0) is 28.5. The van der Waals surface area contributed by atoms with Crippen molar-refractivity contribution >= 4 is 23.5 Å². The molecule has 1 saturated heterocycles. The van der Waals surface area contributed by atoms with Crippen molar-refractivity contribution in [3.8, 4) is 0 Å². The number of hydrogen-bond donors (Lipinski definition) is 2. The van der Waals surface area contributed by atoms with Crippen LogP contribution < -0.4 is 10.6 Å². The van der Waals surface area contributed by atoms with Crippen molar-refractivity contribution in [2.75, 3.05) is 6.54 Å². The summed E-state index contributed by atoms with van der Waals surface area (Å²) < 4.78 is 40.5. The van der Waals surface area contributed by atoms with Crippen LogP contribution in [0.2, 0.25) is 0 Å². The molecule has 37 heavy (non-hydrogen) atoms. The van der Waals surface area contributed by atoms with Crippen LogP contribution in [0.15, 0.2) is 6.07 Å². The largest absolute Gasteiger partial charge is 0.452 e. The lowest BCUT2D eigenvalue weighted by molar-refractivity contribution is -0.175. The Kier molecular flexibility index (Phi) is 9.19. The van der Waals surface area contributed by atoms with E-state index in [1.54, 1.807) is 27.0 Å². The van der Waals surface area contributed by atoms with E-state index in [2.05, 4.69) is 15.7 Å². The third kappa shape index (κ3) is 7.10. The number of rotatable bonds is 8. The van der Waals surface area contributed by atoms with Gasteiger partial charge in [0.2, 0.25) is 11.8 Å². The Balaban J connectivity index is 2.22. The molecule has 12 heteroatoms. The van der Waals surface area contributed by atoms with Gasteiger partial charge in [-0.15, -0.1) is 0 Å². The van der Waals surface area contributed by atoms with E-state index in [-0.39, 0.29) is 30.0 Å². The maximum atomic E-state index is 13.5. The molecule has 1 aromatic rings. The summed E-state index contributed by atoms with van der Waals surface area (Å²) in [5, 5.41) is 9.34. The molecular weight excluding hydrogens is 491 g/mol. The molecule has 2 N–H and O–H groups in total. The maximum Gasteiger partial charge on any atom is 0.452 e. The number of nitrogens with zero attached hydrogens (tertiary/aromatic N) is 3. The zero-order valence-corrected chi connectivity index (χ0v) is 22.7. The monoisotopic (exact) mass is 529 g/mol. The molecule has 0 aromatic carbocycles. The summed E-state index contributed by atoms with van der Waals surface area (Å²) in [4.78, 5) is 52.7. The molecule has 208 valence electrons. The Labute approximate surface area is 215 Å². The Morgan fingerprint density at radius 1 is 1.00 bits per heavy atom. The van der Waals surface area contributed by atoms with Crippen molar-refractivity contribution in [1.29, 1.82) is 0 Å². The molecule has 0 spiro atoms. The first-order chi connectivity index (χ1) is 16.9. The Morgan fingerprint density at radius 2 is 1.57 bits per heavy atom. The fraction of sp³-hybridized carbons (Fsp3) is 0.720. The van der Waals surface area contributed by atoms with Gasteiger partial charge in [0.05, 0.1) is 11.7 Å². The minimum atomic E-state index is -5.10. The van der Waals surface area contributed by atoms with Gasteiger partial charge < -0.3 is 15.5 Å². The molecule has 1 aromatic heterocycles. The van der Waals surface area contributed by atoms with Crippen molar-refractivity contribution in [1.82, 2.24) is 25.3 Å². The number of aryl methyl sites for hydroxylation is 1. The molecule has 0 bridgehead atoms. The first kappa shape index (κ1) is 30.3. The first-order valence-corrected chi connectivity index (χ1v) is 12.4. The van der Waals surface area contributed by atoms with Crippen LogP contribution in [0, 0.1) is 11.8 Å². The summed E-state index contributed by atoms with van der Waals surface area (Å²) >= 11 is 0. The molecule has 0 radical (unpaired) electrons. The highest BCUT2D eigenvalue weighted by atomic mass is 19.4. The normalized spacial score (nSPS) is 18.2. The lowest BCUT2D eigenvalue weighted by atomic mass is 9.92. The fourth-order valence-corrected chi connectivity index (χ4v) is 4.22. The third-order valence-electron chi connectivity index (χ3n) is 6.47. The van der Waals surface area contributed by atoms with Crippen LogP contribution in [-0.4, -0.2) is 69.0 Å². The minimum Gasteiger partial charge on any atom is -0.344 e.